The summed E-state index contributed by atoms with van der Waals surface area (Å²) >= 11 is 1.50. The van der Waals surface area contributed by atoms with Crippen molar-refractivity contribution in [3.8, 4) is 0 Å². The van der Waals surface area contributed by atoms with E-state index in [0.717, 1.165) is 41.7 Å². The average molecular weight is 303 g/mol. The molecule has 21 heavy (non-hydrogen) atoms. The van der Waals surface area contributed by atoms with E-state index in [1.54, 1.807) is 12.1 Å². The van der Waals surface area contributed by atoms with Crippen molar-refractivity contribution in [1.29, 1.82) is 0 Å². The van der Waals surface area contributed by atoms with Gasteiger partial charge < -0.3 is 10.2 Å². The quantitative estimate of drug-likeness (QED) is 0.927. The van der Waals surface area contributed by atoms with Crippen molar-refractivity contribution in [2.45, 2.75) is 23.5 Å². The first-order valence-corrected chi connectivity index (χ1v) is 7.89. The molecule has 1 aliphatic rings. The highest BCUT2D eigenvalue weighted by Crippen LogP contribution is 2.37. The molecule has 0 amide bonds. The molecule has 2 aromatic carbocycles. The van der Waals surface area contributed by atoms with Crippen LogP contribution in [0.5, 0.6) is 0 Å². The molecule has 2 aromatic rings. The van der Waals surface area contributed by atoms with Crippen LogP contribution in [0.25, 0.3) is 0 Å². The molecule has 0 aromatic heterocycles. The normalized spacial score (nSPS) is 19.5. The van der Waals surface area contributed by atoms with Gasteiger partial charge in [-0.25, -0.2) is 0 Å². The van der Waals surface area contributed by atoms with Gasteiger partial charge >= 0.3 is 0 Å². The molecule has 0 saturated carbocycles. The second-order valence-electron chi connectivity index (χ2n) is 5.06. The first-order valence-electron chi connectivity index (χ1n) is 9.73. The van der Waals surface area contributed by atoms with Crippen LogP contribution in [0, 0.1) is 13.7 Å². The first kappa shape index (κ1) is 9.54. The second kappa shape index (κ2) is 6.54. The van der Waals surface area contributed by atoms with Crippen molar-refractivity contribution in [2.24, 2.45) is 0 Å². The van der Waals surface area contributed by atoms with E-state index in [4.69, 9.17) is 6.85 Å². The van der Waals surface area contributed by atoms with E-state index in [1.165, 1.54) is 17.8 Å². The molecule has 0 spiro atoms. The minimum Gasteiger partial charge on any atom is -0.368 e. The van der Waals surface area contributed by atoms with Crippen LogP contribution in [0.3, 0.4) is 0 Å². The molecular formula is C18H22N2S. The number of piperazine rings is 1. The Labute approximate surface area is 138 Å². The second-order valence-corrected chi connectivity index (χ2v) is 6.14. The fraction of sp³-hybridized carbons (Fsp3) is 0.333. The fourth-order valence-electron chi connectivity index (χ4n) is 2.47. The van der Waals surface area contributed by atoms with E-state index in [2.05, 4.69) is 16.3 Å². The summed E-state index contributed by atoms with van der Waals surface area (Å²) in [5, 5.41) is 3.35. The number of hydrogen-bond donors (Lipinski definition) is 1. The number of benzene rings is 2. The van der Waals surface area contributed by atoms with Crippen LogP contribution < -0.4 is 10.2 Å². The molecule has 0 atom stereocenters. The van der Waals surface area contributed by atoms with Crippen LogP contribution in [-0.4, -0.2) is 26.2 Å². The lowest BCUT2D eigenvalue weighted by Crippen LogP contribution is -2.43. The minimum atomic E-state index is -2.23. The molecule has 110 valence electrons. The summed E-state index contributed by atoms with van der Waals surface area (Å²) in [4.78, 5) is 4.14. The summed E-state index contributed by atoms with van der Waals surface area (Å²) in [5.41, 5.74) is 1.74. The molecule has 0 aliphatic carbocycles. The first-order chi connectivity index (χ1) is 12.4. The van der Waals surface area contributed by atoms with Gasteiger partial charge in [0.25, 0.3) is 0 Å². The van der Waals surface area contributed by atoms with Crippen molar-refractivity contribution in [2.75, 3.05) is 31.1 Å². The molecular weight excluding hydrogens is 276 g/mol. The molecule has 1 heterocycles. The molecule has 1 N–H and O–H groups in total. The maximum absolute atomic E-state index is 7.83. The minimum absolute atomic E-state index is 0.178. The van der Waals surface area contributed by atoms with E-state index in [9.17, 15) is 0 Å². The highest BCUT2D eigenvalue weighted by Gasteiger charge is 2.14. The highest BCUT2D eigenvalue weighted by molar-refractivity contribution is 7.99. The van der Waals surface area contributed by atoms with Crippen LogP contribution in [-0.2, 0) is 0 Å². The zero-order valence-electron chi connectivity index (χ0n) is 16.8. The van der Waals surface area contributed by atoms with Crippen LogP contribution >= 0.6 is 11.8 Å². The molecule has 1 saturated heterocycles. The number of anilines is 1. The van der Waals surface area contributed by atoms with Crippen LogP contribution in [0.1, 0.15) is 18.0 Å². The number of rotatable bonds is 3. The summed E-state index contributed by atoms with van der Waals surface area (Å²) in [6.45, 7) is 0.291. The zero-order chi connectivity index (χ0) is 18.7. The maximum Gasteiger partial charge on any atom is 0.0508 e. The Morgan fingerprint density at radius 3 is 2.76 bits per heavy atom. The number of nitrogens with zero attached hydrogens (tertiary/aromatic N) is 1. The molecule has 2 nitrogen and oxygen atoms in total. The average Bonchev–Trinajstić information content (AvgIpc) is 2.62. The Kier molecular flexibility index (Phi) is 2.97. The predicted molar refractivity (Wildman–Crippen MR) is 91.6 cm³/mol. The third kappa shape index (κ3) is 3.42. The lowest BCUT2D eigenvalue weighted by atomic mass is 10.2. The van der Waals surface area contributed by atoms with Crippen LogP contribution in [0.4, 0.5) is 5.69 Å². The van der Waals surface area contributed by atoms with Gasteiger partial charge in [-0.2, -0.15) is 0 Å². The monoisotopic (exact) mass is 303 g/mol. The van der Waals surface area contributed by atoms with Gasteiger partial charge in [-0.3, -0.25) is 0 Å². The summed E-state index contributed by atoms with van der Waals surface area (Å²) < 4.78 is 38.3. The van der Waals surface area contributed by atoms with Gasteiger partial charge in [-0.1, -0.05) is 41.6 Å². The Morgan fingerprint density at radius 1 is 1.10 bits per heavy atom. The smallest absolute Gasteiger partial charge is 0.0508 e. The van der Waals surface area contributed by atoms with Crippen molar-refractivity contribution >= 4 is 17.4 Å². The topological polar surface area (TPSA) is 15.3 Å². The predicted octanol–water partition coefficient (Wildman–Crippen LogP) is 3.86. The number of para-hydroxylation sites is 1. The number of aryl methyl sites for hydroxylation is 2. The van der Waals surface area contributed by atoms with Crippen LogP contribution in [0.15, 0.2) is 52.3 Å². The summed E-state index contributed by atoms with van der Waals surface area (Å²) in [7, 11) is 0. The fourth-order valence-corrected chi connectivity index (χ4v) is 3.47. The zero-order valence-corrected chi connectivity index (χ0v) is 12.6. The van der Waals surface area contributed by atoms with Crippen molar-refractivity contribution in [3.05, 3.63) is 53.6 Å². The standard InChI is InChI=1S/C18H22N2S/c1-14-7-8-17(15(2)13-14)21-18-6-4-3-5-16(18)20-11-9-19-10-12-20/h3-8,13,19H,9-12H2,1-2H3/i1D3,2D2. The molecule has 1 fully saturated rings. The van der Waals surface area contributed by atoms with Gasteiger partial charge in [0.2, 0.25) is 0 Å². The Bertz CT molecular complexity index is 757. The van der Waals surface area contributed by atoms with E-state index >= 15 is 0 Å². The van der Waals surface area contributed by atoms with E-state index in [1.807, 2.05) is 18.2 Å². The Morgan fingerprint density at radius 2 is 1.95 bits per heavy atom. The lowest BCUT2D eigenvalue weighted by Gasteiger charge is -2.31. The molecule has 0 radical (unpaired) electrons. The van der Waals surface area contributed by atoms with Gasteiger partial charge in [0.1, 0.15) is 0 Å². The SMILES string of the molecule is [2H]C([2H])c1cc(C([2H])([2H])[2H])ccc1Sc1ccccc1N1CCNCC1. The largest absolute Gasteiger partial charge is 0.368 e. The van der Waals surface area contributed by atoms with Crippen molar-refractivity contribution in [3.63, 3.8) is 0 Å². The summed E-state index contributed by atoms with van der Waals surface area (Å²) in [6, 6.07) is 12.9. The third-order valence-electron chi connectivity index (χ3n) is 3.55. The Balaban J connectivity index is 1.94. The molecule has 3 heteroatoms. The molecule has 3 rings (SSSR count). The van der Waals surface area contributed by atoms with Gasteiger partial charge in [0, 0.05) is 42.8 Å². The van der Waals surface area contributed by atoms with Crippen LogP contribution in [0.2, 0.25) is 0 Å². The molecule has 1 aliphatic heterocycles. The van der Waals surface area contributed by atoms with Crippen molar-refractivity contribution < 1.29 is 6.85 Å². The van der Waals surface area contributed by atoms with E-state index in [-0.39, 0.29) is 5.56 Å². The highest BCUT2D eigenvalue weighted by atomic mass is 32.2. The summed E-state index contributed by atoms with van der Waals surface area (Å²) in [5.74, 6) is 0. The van der Waals surface area contributed by atoms with Gasteiger partial charge in [0.15, 0.2) is 0 Å². The molecule has 0 unspecified atom stereocenters. The number of nitrogens with one attached hydrogen (secondary N) is 1. The van der Waals surface area contributed by atoms with E-state index in [0.29, 0.717) is 5.56 Å². The lowest BCUT2D eigenvalue weighted by molar-refractivity contribution is 0.587. The van der Waals surface area contributed by atoms with Crippen molar-refractivity contribution in [1.82, 2.24) is 5.32 Å². The maximum atomic E-state index is 7.83. The van der Waals surface area contributed by atoms with Gasteiger partial charge in [-0.05, 0) is 37.5 Å². The number of hydrogen-bond acceptors (Lipinski definition) is 3. The Hall–Kier alpha value is -1.45. The summed E-state index contributed by atoms with van der Waals surface area (Å²) in [6.07, 6.45) is 0. The van der Waals surface area contributed by atoms with E-state index < -0.39 is 13.7 Å². The third-order valence-corrected chi connectivity index (χ3v) is 4.71. The van der Waals surface area contributed by atoms with Gasteiger partial charge in [-0.15, -0.1) is 0 Å². The molecule has 0 bridgehead atoms. The van der Waals surface area contributed by atoms with Gasteiger partial charge in [0.05, 0.1) is 5.69 Å².